The van der Waals surface area contributed by atoms with Crippen molar-refractivity contribution in [2.45, 2.75) is 19.3 Å². The molecule has 0 N–H and O–H groups in total. The van der Waals surface area contributed by atoms with Crippen molar-refractivity contribution in [3.63, 3.8) is 0 Å². The Kier molecular flexibility index (Phi) is 6.56. The Bertz CT molecular complexity index is 2830. The third kappa shape index (κ3) is 4.79. The van der Waals surface area contributed by atoms with E-state index in [1.165, 1.54) is 65.7 Å². The average Bonchev–Trinajstić information content (AvgIpc) is 3.43. The Morgan fingerprint density at radius 3 is 1.65 bits per heavy atom. The summed E-state index contributed by atoms with van der Waals surface area (Å²) in [6, 6.07) is 61.3. The van der Waals surface area contributed by atoms with Crippen molar-refractivity contribution >= 4 is 32.3 Å². The van der Waals surface area contributed by atoms with Crippen molar-refractivity contribution in [2.75, 3.05) is 0 Å². The van der Waals surface area contributed by atoms with E-state index in [1.807, 2.05) is 18.2 Å². The van der Waals surface area contributed by atoms with Crippen molar-refractivity contribution in [1.29, 1.82) is 0 Å². The highest BCUT2D eigenvalue weighted by Gasteiger charge is 2.39. The van der Waals surface area contributed by atoms with Gasteiger partial charge < -0.3 is 0 Å². The minimum absolute atomic E-state index is 0.233. The van der Waals surface area contributed by atoms with Crippen LogP contribution in [0.2, 0.25) is 0 Å². The molecule has 10 rings (SSSR count). The van der Waals surface area contributed by atoms with Gasteiger partial charge in [0.05, 0.1) is 11.4 Å². The van der Waals surface area contributed by atoms with E-state index in [4.69, 9.17) is 9.97 Å². The van der Waals surface area contributed by atoms with Gasteiger partial charge in [-0.2, -0.15) is 0 Å². The topological polar surface area (TPSA) is 25.8 Å². The second kappa shape index (κ2) is 11.3. The van der Waals surface area contributed by atoms with Crippen LogP contribution < -0.4 is 0 Å². The minimum Gasteiger partial charge on any atom is -0.228 e. The molecule has 0 spiro atoms. The first-order valence-electron chi connectivity index (χ1n) is 17.7. The van der Waals surface area contributed by atoms with Gasteiger partial charge in [0.2, 0.25) is 0 Å². The second-order valence-electron chi connectivity index (χ2n) is 14.2. The highest BCUT2D eigenvalue weighted by molar-refractivity contribution is 6.06. The van der Waals surface area contributed by atoms with E-state index in [9.17, 15) is 0 Å². The van der Waals surface area contributed by atoms with E-state index in [2.05, 4.69) is 166 Å². The average molecular weight is 651 g/mol. The van der Waals surface area contributed by atoms with Crippen molar-refractivity contribution < 1.29 is 0 Å². The molecule has 2 nitrogen and oxygen atoms in total. The summed E-state index contributed by atoms with van der Waals surface area (Å²) in [6.07, 6.45) is 0. The largest absolute Gasteiger partial charge is 0.228 e. The van der Waals surface area contributed by atoms with Gasteiger partial charge in [0.25, 0.3) is 0 Å². The molecular formula is C49H34N2. The molecule has 0 radical (unpaired) electrons. The molecule has 0 saturated carbocycles. The van der Waals surface area contributed by atoms with Crippen LogP contribution in [0.3, 0.4) is 0 Å². The third-order valence-electron chi connectivity index (χ3n) is 10.8. The lowest BCUT2D eigenvalue weighted by atomic mass is 9.79. The number of rotatable bonds is 4. The SMILES string of the molecule is CC1(C)c2cc(-c3cc(-c4ccc5ccccc5c4)nc(-c4ccccc4)n3)ccc2-c2c(-c3ccc4ccccc4c3)cc3ccccc3c21. The van der Waals surface area contributed by atoms with Gasteiger partial charge in [0.1, 0.15) is 0 Å². The van der Waals surface area contributed by atoms with Crippen LogP contribution >= 0.6 is 0 Å². The number of aromatic nitrogens is 2. The molecule has 9 aromatic rings. The third-order valence-corrected chi connectivity index (χ3v) is 10.8. The quantitative estimate of drug-likeness (QED) is 0.189. The molecule has 0 amide bonds. The predicted octanol–water partition coefficient (Wildman–Crippen LogP) is 12.9. The van der Waals surface area contributed by atoms with Gasteiger partial charge in [-0.05, 0) is 96.0 Å². The predicted molar refractivity (Wildman–Crippen MR) is 214 cm³/mol. The van der Waals surface area contributed by atoms with Gasteiger partial charge in [0.15, 0.2) is 5.82 Å². The fourth-order valence-electron chi connectivity index (χ4n) is 8.24. The molecule has 2 heteroatoms. The van der Waals surface area contributed by atoms with Gasteiger partial charge in [-0.1, -0.05) is 153 Å². The summed E-state index contributed by atoms with van der Waals surface area (Å²) >= 11 is 0. The first-order valence-corrected chi connectivity index (χ1v) is 17.7. The maximum atomic E-state index is 5.22. The summed E-state index contributed by atoms with van der Waals surface area (Å²) < 4.78 is 0. The second-order valence-corrected chi connectivity index (χ2v) is 14.2. The Balaban J connectivity index is 1.18. The van der Waals surface area contributed by atoms with Gasteiger partial charge in [-0.3, -0.25) is 0 Å². The molecule has 240 valence electrons. The summed E-state index contributed by atoms with van der Waals surface area (Å²) in [4.78, 5) is 10.3. The van der Waals surface area contributed by atoms with Crippen LogP contribution in [0.25, 0.3) is 88.5 Å². The molecule has 51 heavy (non-hydrogen) atoms. The van der Waals surface area contributed by atoms with Crippen LogP contribution in [-0.4, -0.2) is 9.97 Å². The molecule has 0 fully saturated rings. The van der Waals surface area contributed by atoms with E-state index in [0.717, 1.165) is 33.9 Å². The lowest BCUT2D eigenvalue weighted by Gasteiger charge is -2.24. The van der Waals surface area contributed by atoms with E-state index in [-0.39, 0.29) is 5.41 Å². The van der Waals surface area contributed by atoms with Crippen LogP contribution in [0.4, 0.5) is 0 Å². The minimum atomic E-state index is -0.233. The Hall–Kier alpha value is -6.38. The highest BCUT2D eigenvalue weighted by atomic mass is 14.9. The van der Waals surface area contributed by atoms with Gasteiger partial charge in [-0.25, -0.2) is 9.97 Å². The molecule has 0 bridgehead atoms. The van der Waals surface area contributed by atoms with Crippen LogP contribution in [0.15, 0.2) is 170 Å². The summed E-state index contributed by atoms with van der Waals surface area (Å²) in [7, 11) is 0. The van der Waals surface area contributed by atoms with Gasteiger partial charge in [0, 0.05) is 22.1 Å². The molecule has 0 saturated heterocycles. The lowest BCUT2D eigenvalue weighted by Crippen LogP contribution is -2.15. The maximum absolute atomic E-state index is 5.22. The van der Waals surface area contributed by atoms with Crippen molar-refractivity contribution in [2.24, 2.45) is 0 Å². The molecule has 0 unspecified atom stereocenters. The molecule has 1 heterocycles. The Morgan fingerprint density at radius 2 is 0.941 bits per heavy atom. The van der Waals surface area contributed by atoms with E-state index in [0.29, 0.717) is 0 Å². The molecule has 1 aromatic heterocycles. The zero-order valence-corrected chi connectivity index (χ0v) is 28.6. The number of nitrogens with zero attached hydrogens (tertiary/aromatic N) is 2. The summed E-state index contributed by atoms with van der Waals surface area (Å²) in [5, 5.41) is 7.50. The van der Waals surface area contributed by atoms with E-state index in [1.54, 1.807) is 0 Å². The first-order chi connectivity index (χ1) is 25.0. The molecule has 1 aliphatic rings. The lowest BCUT2D eigenvalue weighted by molar-refractivity contribution is 0.666. The molecule has 8 aromatic carbocycles. The van der Waals surface area contributed by atoms with Crippen LogP contribution in [-0.2, 0) is 5.41 Å². The number of hydrogen-bond acceptors (Lipinski definition) is 2. The zero-order valence-electron chi connectivity index (χ0n) is 28.6. The summed E-state index contributed by atoms with van der Waals surface area (Å²) in [5.74, 6) is 0.726. The van der Waals surface area contributed by atoms with E-state index < -0.39 is 0 Å². The van der Waals surface area contributed by atoms with Crippen molar-refractivity contribution in [3.05, 3.63) is 181 Å². The van der Waals surface area contributed by atoms with Crippen LogP contribution in [0.1, 0.15) is 25.0 Å². The fraction of sp³-hybridized carbons (Fsp3) is 0.0612. The number of fused-ring (bicyclic) bond motifs is 7. The molecule has 0 aliphatic heterocycles. The van der Waals surface area contributed by atoms with Gasteiger partial charge in [-0.15, -0.1) is 0 Å². The molecular weight excluding hydrogens is 617 g/mol. The van der Waals surface area contributed by atoms with E-state index >= 15 is 0 Å². The monoisotopic (exact) mass is 650 g/mol. The maximum Gasteiger partial charge on any atom is 0.160 e. The summed E-state index contributed by atoms with van der Waals surface area (Å²) in [5.41, 5.74) is 12.6. The summed E-state index contributed by atoms with van der Waals surface area (Å²) in [6.45, 7) is 4.77. The fourth-order valence-corrected chi connectivity index (χ4v) is 8.24. The normalized spacial score (nSPS) is 13.1. The molecule has 1 aliphatic carbocycles. The number of hydrogen-bond donors (Lipinski definition) is 0. The molecule has 0 atom stereocenters. The van der Waals surface area contributed by atoms with Crippen molar-refractivity contribution in [1.82, 2.24) is 9.97 Å². The standard InChI is InChI=1S/C49H34N2/c1-49(2)43-29-39(45-30-44(50-48(51-45)33-14-4-3-5-15-33)38-23-21-32-13-7-9-17-35(32)27-38)24-25-41(43)46-42(28-36-18-10-11-19-40(36)47(46)49)37-22-20-31-12-6-8-16-34(31)26-37/h3-30H,1-2H3. The first kappa shape index (κ1) is 29.5. The Morgan fingerprint density at radius 1 is 0.392 bits per heavy atom. The Labute approximate surface area is 297 Å². The van der Waals surface area contributed by atoms with Crippen LogP contribution in [0, 0.1) is 0 Å². The van der Waals surface area contributed by atoms with Crippen LogP contribution in [0.5, 0.6) is 0 Å². The van der Waals surface area contributed by atoms with Gasteiger partial charge >= 0.3 is 0 Å². The van der Waals surface area contributed by atoms with Crippen molar-refractivity contribution in [3.8, 4) is 56.2 Å². The number of benzene rings is 8. The highest BCUT2D eigenvalue weighted by Crippen LogP contribution is 2.55. The zero-order chi connectivity index (χ0) is 34.1. The smallest absolute Gasteiger partial charge is 0.160 e.